The molecule has 0 unspecified atom stereocenters. The van der Waals surface area contributed by atoms with Crippen molar-refractivity contribution in [2.45, 2.75) is 26.5 Å². The van der Waals surface area contributed by atoms with Gasteiger partial charge >= 0.3 is 11.8 Å². The zero-order chi connectivity index (χ0) is 24.0. The van der Waals surface area contributed by atoms with Gasteiger partial charge in [0.25, 0.3) is 11.8 Å². The molecule has 0 spiro atoms. The van der Waals surface area contributed by atoms with E-state index in [9.17, 15) is 19.2 Å². The molecule has 1 saturated heterocycles. The molecule has 0 bridgehead atoms. The summed E-state index contributed by atoms with van der Waals surface area (Å²) in [6.45, 7) is 5.01. The van der Waals surface area contributed by atoms with Gasteiger partial charge in [0.05, 0.1) is 5.56 Å². The Hall–Kier alpha value is -3.88. The van der Waals surface area contributed by atoms with Crippen LogP contribution in [0.4, 0.5) is 0 Å². The molecule has 1 aliphatic heterocycles. The summed E-state index contributed by atoms with van der Waals surface area (Å²) in [4.78, 5) is 51.8. The van der Waals surface area contributed by atoms with Crippen molar-refractivity contribution in [3.05, 3.63) is 65.2 Å². The van der Waals surface area contributed by atoms with Crippen molar-refractivity contribution >= 4 is 23.6 Å². The van der Waals surface area contributed by atoms with Gasteiger partial charge in [-0.1, -0.05) is 24.3 Å². The Bertz CT molecular complexity index is 1040. The van der Waals surface area contributed by atoms with Gasteiger partial charge in [0.2, 0.25) is 0 Å². The molecule has 9 nitrogen and oxygen atoms in total. The van der Waals surface area contributed by atoms with Crippen LogP contribution in [0.15, 0.2) is 48.5 Å². The number of hydrogen-bond acceptors (Lipinski definition) is 5. The molecule has 0 saturated carbocycles. The SMILES string of the molecule is CC(C)NC(=O)C(=O)N1CCN(C(=O)c2cccc(COc3ccccc3C(N)=O)c2)CC1. The zero-order valence-corrected chi connectivity index (χ0v) is 18.7. The Labute approximate surface area is 192 Å². The van der Waals surface area contributed by atoms with Crippen LogP contribution in [0.5, 0.6) is 5.75 Å². The lowest BCUT2D eigenvalue weighted by Crippen LogP contribution is -2.54. The van der Waals surface area contributed by atoms with E-state index in [1.54, 1.807) is 61.2 Å². The van der Waals surface area contributed by atoms with E-state index in [2.05, 4.69) is 5.32 Å². The van der Waals surface area contributed by atoms with Crippen molar-refractivity contribution in [2.75, 3.05) is 26.2 Å². The number of carbonyl (C=O) groups is 4. The molecule has 1 aliphatic rings. The maximum absolute atomic E-state index is 13.0. The zero-order valence-electron chi connectivity index (χ0n) is 18.7. The molecule has 2 aromatic rings. The lowest BCUT2D eigenvalue weighted by molar-refractivity contribution is -0.147. The number of rotatable bonds is 6. The van der Waals surface area contributed by atoms with E-state index in [1.165, 1.54) is 4.90 Å². The quantitative estimate of drug-likeness (QED) is 0.637. The van der Waals surface area contributed by atoms with E-state index in [4.69, 9.17) is 10.5 Å². The Morgan fingerprint density at radius 1 is 0.970 bits per heavy atom. The molecular weight excluding hydrogens is 424 g/mol. The second-order valence-electron chi connectivity index (χ2n) is 8.06. The molecule has 3 rings (SSSR count). The maximum Gasteiger partial charge on any atom is 0.312 e. The second-order valence-corrected chi connectivity index (χ2v) is 8.06. The lowest BCUT2D eigenvalue weighted by Gasteiger charge is -2.34. The smallest absolute Gasteiger partial charge is 0.312 e. The molecule has 9 heteroatoms. The molecule has 0 atom stereocenters. The summed E-state index contributed by atoms with van der Waals surface area (Å²) in [5.74, 6) is -1.56. The fraction of sp³-hybridized carbons (Fsp3) is 0.333. The van der Waals surface area contributed by atoms with E-state index in [0.717, 1.165) is 5.56 Å². The Morgan fingerprint density at radius 3 is 2.30 bits per heavy atom. The minimum Gasteiger partial charge on any atom is -0.488 e. The lowest BCUT2D eigenvalue weighted by atomic mass is 10.1. The molecule has 3 N–H and O–H groups in total. The fourth-order valence-corrected chi connectivity index (χ4v) is 3.51. The van der Waals surface area contributed by atoms with Crippen LogP contribution in [0.25, 0.3) is 0 Å². The highest BCUT2D eigenvalue weighted by Crippen LogP contribution is 2.19. The number of carbonyl (C=O) groups excluding carboxylic acids is 4. The van der Waals surface area contributed by atoms with E-state index in [0.29, 0.717) is 43.1 Å². The summed E-state index contributed by atoms with van der Waals surface area (Å²) in [5.41, 5.74) is 6.93. The molecule has 174 valence electrons. The molecule has 0 aromatic heterocycles. The summed E-state index contributed by atoms with van der Waals surface area (Å²) in [7, 11) is 0. The molecule has 0 aliphatic carbocycles. The second kappa shape index (κ2) is 10.6. The molecule has 2 aromatic carbocycles. The van der Waals surface area contributed by atoms with Crippen molar-refractivity contribution in [3.63, 3.8) is 0 Å². The average molecular weight is 453 g/mol. The van der Waals surface area contributed by atoms with Crippen LogP contribution in [-0.2, 0) is 16.2 Å². The average Bonchev–Trinajstić information content (AvgIpc) is 2.81. The largest absolute Gasteiger partial charge is 0.488 e. The predicted octanol–water partition coefficient (Wildman–Crippen LogP) is 1.17. The van der Waals surface area contributed by atoms with Gasteiger partial charge in [-0.15, -0.1) is 0 Å². The highest BCUT2D eigenvalue weighted by Gasteiger charge is 2.28. The third-order valence-electron chi connectivity index (χ3n) is 5.19. The van der Waals surface area contributed by atoms with Crippen molar-refractivity contribution < 1.29 is 23.9 Å². The first-order valence-electron chi connectivity index (χ1n) is 10.8. The van der Waals surface area contributed by atoms with Crippen LogP contribution in [-0.4, -0.2) is 65.6 Å². The first-order chi connectivity index (χ1) is 15.8. The van der Waals surface area contributed by atoms with Crippen LogP contribution >= 0.6 is 0 Å². The molecular formula is C24H28N4O5. The summed E-state index contributed by atoms with van der Waals surface area (Å²) in [6, 6.07) is 13.6. The number of piperazine rings is 1. The van der Waals surface area contributed by atoms with Crippen LogP contribution in [0.2, 0.25) is 0 Å². The van der Waals surface area contributed by atoms with E-state index >= 15 is 0 Å². The van der Waals surface area contributed by atoms with Gasteiger partial charge in [0.1, 0.15) is 12.4 Å². The number of amides is 4. The summed E-state index contributed by atoms with van der Waals surface area (Å²) in [6.07, 6.45) is 0. The maximum atomic E-state index is 13.0. The number of para-hydroxylation sites is 1. The summed E-state index contributed by atoms with van der Waals surface area (Å²) < 4.78 is 5.75. The van der Waals surface area contributed by atoms with Crippen LogP contribution in [0, 0.1) is 0 Å². The Kier molecular flexibility index (Phi) is 7.66. The van der Waals surface area contributed by atoms with Gasteiger partial charge in [-0.25, -0.2) is 0 Å². The van der Waals surface area contributed by atoms with Crippen molar-refractivity contribution in [1.82, 2.24) is 15.1 Å². The van der Waals surface area contributed by atoms with Crippen LogP contribution < -0.4 is 15.8 Å². The molecule has 33 heavy (non-hydrogen) atoms. The number of hydrogen-bond donors (Lipinski definition) is 2. The predicted molar refractivity (Wildman–Crippen MR) is 121 cm³/mol. The number of nitrogens with zero attached hydrogens (tertiary/aromatic N) is 2. The van der Waals surface area contributed by atoms with Gasteiger partial charge < -0.3 is 25.6 Å². The van der Waals surface area contributed by atoms with Gasteiger partial charge in [0.15, 0.2) is 0 Å². The molecule has 0 radical (unpaired) electrons. The van der Waals surface area contributed by atoms with Gasteiger partial charge in [0, 0.05) is 37.8 Å². The summed E-state index contributed by atoms with van der Waals surface area (Å²) >= 11 is 0. The fourth-order valence-electron chi connectivity index (χ4n) is 3.51. The minimum atomic E-state index is -0.629. The topological polar surface area (TPSA) is 122 Å². The molecule has 4 amide bonds. The number of ether oxygens (including phenoxy) is 1. The highest BCUT2D eigenvalue weighted by molar-refractivity contribution is 6.35. The molecule has 1 fully saturated rings. The number of nitrogens with one attached hydrogen (secondary N) is 1. The third kappa shape index (κ3) is 6.09. The number of primary amides is 1. The van der Waals surface area contributed by atoms with E-state index in [1.807, 2.05) is 6.07 Å². The van der Waals surface area contributed by atoms with Crippen LogP contribution in [0.1, 0.15) is 40.1 Å². The van der Waals surface area contributed by atoms with Gasteiger partial charge in [-0.2, -0.15) is 0 Å². The summed E-state index contributed by atoms with van der Waals surface area (Å²) in [5, 5.41) is 2.59. The van der Waals surface area contributed by atoms with E-state index < -0.39 is 17.7 Å². The highest BCUT2D eigenvalue weighted by atomic mass is 16.5. The van der Waals surface area contributed by atoms with Gasteiger partial charge in [-0.05, 0) is 43.7 Å². The van der Waals surface area contributed by atoms with Crippen molar-refractivity contribution in [2.24, 2.45) is 5.73 Å². The first-order valence-corrected chi connectivity index (χ1v) is 10.8. The third-order valence-corrected chi connectivity index (χ3v) is 5.19. The number of nitrogens with two attached hydrogens (primary N) is 1. The van der Waals surface area contributed by atoms with Crippen molar-refractivity contribution in [1.29, 1.82) is 0 Å². The number of benzene rings is 2. The normalized spacial score (nSPS) is 13.5. The Balaban J connectivity index is 1.59. The van der Waals surface area contributed by atoms with E-state index in [-0.39, 0.29) is 18.6 Å². The monoisotopic (exact) mass is 452 g/mol. The molecule has 1 heterocycles. The first kappa shape index (κ1) is 23.8. The standard InChI is InChI=1S/C24H28N4O5/c1-16(2)26-22(30)24(32)28-12-10-27(11-13-28)23(31)18-7-5-6-17(14-18)15-33-20-9-4-3-8-19(20)21(25)29/h3-9,14,16H,10-13,15H2,1-2H3,(H2,25,29)(H,26,30). The Morgan fingerprint density at radius 2 is 1.64 bits per heavy atom. The van der Waals surface area contributed by atoms with Gasteiger partial charge in [-0.3, -0.25) is 19.2 Å². The van der Waals surface area contributed by atoms with Crippen molar-refractivity contribution in [3.8, 4) is 5.75 Å². The van der Waals surface area contributed by atoms with Crippen LogP contribution in [0.3, 0.4) is 0 Å². The minimum absolute atomic E-state index is 0.121.